The molecular formula is C20H20F2N4O. The Kier molecular flexibility index (Phi) is 5.30. The summed E-state index contributed by atoms with van der Waals surface area (Å²) in [6.45, 7) is 3.65. The highest BCUT2D eigenvalue weighted by molar-refractivity contribution is 6.07. The maximum Gasteiger partial charge on any atom is 0.250 e. The number of carbonyl (C=O) groups excluding carboxylic acids is 1. The Balaban J connectivity index is 2.12. The summed E-state index contributed by atoms with van der Waals surface area (Å²) in [6.07, 6.45) is 1.32. The van der Waals surface area contributed by atoms with Crippen LogP contribution in [0.3, 0.4) is 0 Å². The highest BCUT2D eigenvalue weighted by Crippen LogP contribution is 2.30. The number of nitrogens with two attached hydrogens (primary N) is 1. The van der Waals surface area contributed by atoms with Crippen molar-refractivity contribution in [1.82, 2.24) is 9.97 Å². The summed E-state index contributed by atoms with van der Waals surface area (Å²) < 4.78 is 28.0. The van der Waals surface area contributed by atoms with Gasteiger partial charge in [-0.3, -0.25) is 4.79 Å². The van der Waals surface area contributed by atoms with Crippen LogP contribution in [-0.4, -0.2) is 15.9 Å². The molecule has 0 aliphatic carbocycles. The van der Waals surface area contributed by atoms with Crippen molar-refractivity contribution in [2.45, 2.75) is 32.7 Å². The predicted octanol–water partition coefficient (Wildman–Crippen LogP) is 4.27. The first-order valence-electron chi connectivity index (χ1n) is 8.69. The number of nitrogens with zero attached hydrogens (tertiary/aromatic N) is 2. The van der Waals surface area contributed by atoms with Gasteiger partial charge in [0.2, 0.25) is 0 Å². The van der Waals surface area contributed by atoms with Crippen LogP contribution in [-0.2, 0) is 0 Å². The number of primary amides is 1. The molecule has 0 saturated carbocycles. The van der Waals surface area contributed by atoms with Gasteiger partial charge in [-0.1, -0.05) is 19.4 Å². The number of fused-ring (bicyclic) bond motifs is 1. The molecule has 0 spiro atoms. The standard InChI is InChI=1S/C20H20F2N4O/c1-3-5-17(15-10-12(21)8-9-16(15)22)26-20-14-7-4-6-13(19(23)27)18(14)24-11(2)25-20/h4,6-10,17H,3,5H2,1-2H3,(H2,23,27)(H,24,25,26)/t17-/m1/s1. The number of hydrogen-bond donors (Lipinski definition) is 2. The number of para-hydroxylation sites is 1. The van der Waals surface area contributed by atoms with E-state index in [1.54, 1.807) is 25.1 Å². The number of anilines is 1. The Morgan fingerprint density at radius 3 is 2.70 bits per heavy atom. The second-order valence-electron chi connectivity index (χ2n) is 6.34. The first-order valence-corrected chi connectivity index (χ1v) is 8.69. The van der Waals surface area contributed by atoms with Crippen molar-refractivity contribution in [2.75, 3.05) is 5.32 Å². The van der Waals surface area contributed by atoms with E-state index in [0.29, 0.717) is 29.0 Å². The molecule has 1 aromatic heterocycles. The van der Waals surface area contributed by atoms with Crippen LogP contribution in [0.25, 0.3) is 10.9 Å². The summed E-state index contributed by atoms with van der Waals surface area (Å²) in [7, 11) is 0. The van der Waals surface area contributed by atoms with Crippen LogP contribution >= 0.6 is 0 Å². The average Bonchev–Trinajstić information content (AvgIpc) is 2.62. The highest BCUT2D eigenvalue weighted by atomic mass is 19.1. The minimum absolute atomic E-state index is 0.229. The van der Waals surface area contributed by atoms with E-state index in [-0.39, 0.29) is 11.1 Å². The molecule has 1 atom stereocenters. The van der Waals surface area contributed by atoms with Crippen LogP contribution in [0.5, 0.6) is 0 Å². The van der Waals surface area contributed by atoms with Gasteiger partial charge in [-0.25, -0.2) is 18.7 Å². The molecule has 0 unspecified atom stereocenters. The lowest BCUT2D eigenvalue weighted by Gasteiger charge is -2.21. The number of nitrogens with one attached hydrogen (secondary N) is 1. The molecule has 0 radical (unpaired) electrons. The van der Waals surface area contributed by atoms with E-state index in [2.05, 4.69) is 15.3 Å². The number of aromatic nitrogens is 2. The number of halogens is 2. The third-order valence-corrected chi connectivity index (χ3v) is 4.33. The Hall–Kier alpha value is -3.09. The largest absolute Gasteiger partial charge is 0.366 e. The number of rotatable bonds is 6. The van der Waals surface area contributed by atoms with E-state index in [1.165, 1.54) is 6.07 Å². The SMILES string of the molecule is CCC[C@@H](Nc1nc(C)nc2c(C(N)=O)cccc12)c1cc(F)ccc1F. The van der Waals surface area contributed by atoms with Gasteiger partial charge >= 0.3 is 0 Å². The summed E-state index contributed by atoms with van der Waals surface area (Å²) in [5, 5.41) is 3.80. The van der Waals surface area contributed by atoms with E-state index >= 15 is 0 Å². The second-order valence-corrected chi connectivity index (χ2v) is 6.34. The summed E-state index contributed by atoms with van der Waals surface area (Å²) in [5.41, 5.74) is 6.38. The van der Waals surface area contributed by atoms with E-state index in [4.69, 9.17) is 5.73 Å². The number of carbonyl (C=O) groups is 1. The third kappa shape index (κ3) is 3.86. The maximum absolute atomic E-state index is 14.3. The van der Waals surface area contributed by atoms with Gasteiger partial charge in [0.1, 0.15) is 23.3 Å². The van der Waals surface area contributed by atoms with Crippen molar-refractivity contribution < 1.29 is 13.6 Å². The van der Waals surface area contributed by atoms with Gasteiger partial charge in [0, 0.05) is 10.9 Å². The zero-order chi connectivity index (χ0) is 19.6. The summed E-state index contributed by atoms with van der Waals surface area (Å²) in [4.78, 5) is 20.5. The fourth-order valence-electron chi connectivity index (χ4n) is 3.11. The molecule has 0 aliphatic rings. The molecule has 1 amide bonds. The van der Waals surface area contributed by atoms with Gasteiger partial charge in [0.05, 0.1) is 17.1 Å². The molecule has 3 aromatic rings. The van der Waals surface area contributed by atoms with Crippen LogP contribution in [0.1, 0.15) is 47.6 Å². The van der Waals surface area contributed by atoms with E-state index in [1.807, 2.05) is 6.92 Å². The molecule has 0 bridgehead atoms. The molecular weight excluding hydrogens is 350 g/mol. The molecule has 0 fully saturated rings. The Morgan fingerprint density at radius 1 is 1.22 bits per heavy atom. The number of amides is 1. The lowest BCUT2D eigenvalue weighted by atomic mass is 10.0. The van der Waals surface area contributed by atoms with Crippen molar-refractivity contribution in [3.8, 4) is 0 Å². The molecule has 7 heteroatoms. The summed E-state index contributed by atoms with van der Waals surface area (Å²) in [6, 6.07) is 7.94. The van der Waals surface area contributed by atoms with E-state index in [9.17, 15) is 13.6 Å². The van der Waals surface area contributed by atoms with Crippen molar-refractivity contribution >= 4 is 22.6 Å². The topological polar surface area (TPSA) is 80.9 Å². The fraction of sp³-hybridized carbons (Fsp3) is 0.250. The zero-order valence-electron chi connectivity index (χ0n) is 15.1. The van der Waals surface area contributed by atoms with Crippen LogP contribution in [0.2, 0.25) is 0 Å². The van der Waals surface area contributed by atoms with Gasteiger partial charge in [-0.05, 0) is 43.7 Å². The highest BCUT2D eigenvalue weighted by Gasteiger charge is 2.19. The Morgan fingerprint density at radius 2 is 2.00 bits per heavy atom. The lowest BCUT2D eigenvalue weighted by Crippen LogP contribution is -2.16. The normalized spacial score (nSPS) is 12.1. The van der Waals surface area contributed by atoms with E-state index < -0.39 is 23.6 Å². The van der Waals surface area contributed by atoms with E-state index in [0.717, 1.165) is 18.6 Å². The minimum atomic E-state index is -0.592. The molecule has 3 rings (SSSR count). The van der Waals surface area contributed by atoms with Crippen molar-refractivity contribution in [3.05, 3.63) is 65.0 Å². The van der Waals surface area contributed by atoms with Crippen molar-refractivity contribution in [2.24, 2.45) is 5.73 Å². The number of hydrogen-bond acceptors (Lipinski definition) is 4. The summed E-state index contributed by atoms with van der Waals surface area (Å²) in [5.74, 6) is -0.702. The molecule has 140 valence electrons. The van der Waals surface area contributed by atoms with Gasteiger partial charge in [0.25, 0.3) is 5.91 Å². The molecule has 0 saturated heterocycles. The van der Waals surface area contributed by atoms with Gasteiger partial charge in [-0.15, -0.1) is 0 Å². The van der Waals surface area contributed by atoms with Crippen LogP contribution in [0, 0.1) is 18.6 Å². The lowest BCUT2D eigenvalue weighted by molar-refractivity contribution is 0.100. The minimum Gasteiger partial charge on any atom is -0.366 e. The van der Waals surface area contributed by atoms with Gasteiger partial charge in [0.15, 0.2) is 0 Å². The first kappa shape index (κ1) is 18.7. The fourth-order valence-corrected chi connectivity index (χ4v) is 3.11. The number of benzene rings is 2. The summed E-state index contributed by atoms with van der Waals surface area (Å²) >= 11 is 0. The molecule has 5 nitrogen and oxygen atoms in total. The Labute approximate surface area is 155 Å². The van der Waals surface area contributed by atoms with Crippen LogP contribution < -0.4 is 11.1 Å². The van der Waals surface area contributed by atoms with Crippen molar-refractivity contribution in [3.63, 3.8) is 0 Å². The number of aryl methyl sites for hydroxylation is 1. The Bertz CT molecular complexity index is 1010. The van der Waals surface area contributed by atoms with Crippen molar-refractivity contribution in [1.29, 1.82) is 0 Å². The van der Waals surface area contributed by atoms with Gasteiger partial charge < -0.3 is 11.1 Å². The first-order chi connectivity index (χ1) is 12.9. The smallest absolute Gasteiger partial charge is 0.250 e. The maximum atomic E-state index is 14.3. The average molecular weight is 370 g/mol. The molecule has 2 aromatic carbocycles. The molecule has 0 aliphatic heterocycles. The van der Waals surface area contributed by atoms with Crippen LogP contribution in [0.15, 0.2) is 36.4 Å². The molecule has 27 heavy (non-hydrogen) atoms. The quantitative estimate of drug-likeness (QED) is 0.679. The zero-order valence-corrected chi connectivity index (χ0v) is 15.1. The molecule has 1 heterocycles. The van der Waals surface area contributed by atoms with Gasteiger partial charge in [-0.2, -0.15) is 0 Å². The third-order valence-electron chi connectivity index (χ3n) is 4.33. The van der Waals surface area contributed by atoms with Crippen LogP contribution in [0.4, 0.5) is 14.6 Å². The molecule has 3 N–H and O–H groups in total. The monoisotopic (exact) mass is 370 g/mol. The predicted molar refractivity (Wildman–Crippen MR) is 100 cm³/mol. The second kappa shape index (κ2) is 7.65.